The van der Waals surface area contributed by atoms with Crippen LogP contribution in [0.3, 0.4) is 0 Å². The van der Waals surface area contributed by atoms with Crippen LogP contribution in [0.1, 0.15) is 54.6 Å². The third-order valence-corrected chi connectivity index (χ3v) is 9.41. The van der Waals surface area contributed by atoms with Gasteiger partial charge in [0, 0.05) is 16.4 Å². The third-order valence-electron chi connectivity index (χ3n) is 5.87. The number of benzene rings is 1. The Hall–Kier alpha value is -2.95. The largest absolute Gasteiger partial charge is 0.337 e. The standard InChI is InChI=1S/C25H26ClN3O5S2/c1-6-19(28-25-21(26)15(5)29-34-25)36(32,33)18-11-14(4)35-23(18)24(31)27-17-10-12(2)9-13(3)20(17)22(30)16-7-8-16/h6,9-11,16,19,28H,1,7-8H2,2-5H3,(H,27,31). The second-order valence-corrected chi connectivity index (χ2v) is 12.6. The maximum absolute atomic E-state index is 13.6. The number of nitrogens with one attached hydrogen (secondary N) is 2. The van der Waals surface area contributed by atoms with E-state index in [2.05, 4.69) is 22.4 Å². The Morgan fingerprint density at radius 3 is 2.50 bits per heavy atom. The Labute approximate surface area is 218 Å². The van der Waals surface area contributed by atoms with Crippen molar-refractivity contribution >= 4 is 56.0 Å². The predicted octanol–water partition coefficient (Wildman–Crippen LogP) is 5.87. The quantitative estimate of drug-likeness (QED) is 0.254. The van der Waals surface area contributed by atoms with Crippen LogP contribution in [-0.4, -0.2) is 30.6 Å². The van der Waals surface area contributed by atoms with Crippen LogP contribution in [0, 0.1) is 33.6 Å². The van der Waals surface area contributed by atoms with E-state index in [-0.39, 0.29) is 32.4 Å². The average molecular weight is 548 g/mol. The fourth-order valence-electron chi connectivity index (χ4n) is 3.96. The molecule has 2 aromatic heterocycles. The van der Waals surface area contributed by atoms with E-state index in [0.29, 0.717) is 21.8 Å². The first-order valence-corrected chi connectivity index (χ1v) is 14.0. The molecule has 0 saturated heterocycles. The maximum Gasteiger partial charge on any atom is 0.267 e. The summed E-state index contributed by atoms with van der Waals surface area (Å²) in [7, 11) is -4.14. The van der Waals surface area contributed by atoms with E-state index in [1.165, 1.54) is 12.1 Å². The van der Waals surface area contributed by atoms with Gasteiger partial charge in [0.1, 0.15) is 15.6 Å². The van der Waals surface area contributed by atoms with Crippen LogP contribution in [0.4, 0.5) is 11.6 Å². The summed E-state index contributed by atoms with van der Waals surface area (Å²) in [6.45, 7) is 10.7. The van der Waals surface area contributed by atoms with Gasteiger partial charge in [0.05, 0.1) is 10.6 Å². The number of rotatable bonds is 9. The van der Waals surface area contributed by atoms with Crippen LogP contribution in [0.15, 0.2) is 40.3 Å². The highest BCUT2D eigenvalue weighted by Gasteiger charge is 2.35. The van der Waals surface area contributed by atoms with Gasteiger partial charge < -0.3 is 15.2 Å². The molecule has 190 valence electrons. The first-order valence-electron chi connectivity index (χ1n) is 11.3. The molecule has 0 spiro atoms. The Morgan fingerprint density at radius 2 is 1.92 bits per heavy atom. The molecule has 1 amide bonds. The van der Waals surface area contributed by atoms with Gasteiger partial charge in [0.15, 0.2) is 11.2 Å². The molecule has 4 rings (SSSR count). The number of hydrogen-bond acceptors (Lipinski definition) is 8. The van der Waals surface area contributed by atoms with Gasteiger partial charge in [-0.05, 0) is 63.8 Å². The van der Waals surface area contributed by atoms with Crippen LogP contribution >= 0.6 is 22.9 Å². The van der Waals surface area contributed by atoms with Gasteiger partial charge in [-0.2, -0.15) is 0 Å². The van der Waals surface area contributed by atoms with E-state index in [9.17, 15) is 18.0 Å². The molecule has 8 nitrogen and oxygen atoms in total. The van der Waals surface area contributed by atoms with Crippen molar-refractivity contribution in [3.8, 4) is 0 Å². The van der Waals surface area contributed by atoms with E-state index in [1.807, 2.05) is 19.9 Å². The summed E-state index contributed by atoms with van der Waals surface area (Å²) in [5.74, 6) is -0.668. The lowest BCUT2D eigenvalue weighted by atomic mass is 9.97. The highest BCUT2D eigenvalue weighted by atomic mass is 35.5. The number of amides is 1. The summed E-state index contributed by atoms with van der Waals surface area (Å²) in [5.41, 5.74) is 2.89. The number of carbonyl (C=O) groups excluding carboxylic acids is 2. The number of nitrogens with zero attached hydrogens (tertiary/aromatic N) is 1. The van der Waals surface area contributed by atoms with Crippen LogP contribution in [0.2, 0.25) is 5.02 Å². The molecule has 2 N–H and O–H groups in total. The van der Waals surface area contributed by atoms with Crippen molar-refractivity contribution in [2.45, 2.75) is 50.8 Å². The zero-order valence-corrected chi connectivity index (χ0v) is 22.7. The highest BCUT2D eigenvalue weighted by molar-refractivity contribution is 7.92. The first kappa shape index (κ1) is 26.1. The van der Waals surface area contributed by atoms with Crippen LogP contribution < -0.4 is 10.6 Å². The molecule has 1 aliphatic rings. The number of halogens is 1. The smallest absolute Gasteiger partial charge is 0.267 e. The second kappa shape index (κ2) is 9.84. The van der Waals surface area contributed by atoms with Crippen molar-refractivity contribution in [2.24, 2.45) is 5.92 Å². The molecule has 11 heteroatoms. The SMILES string of the molecule is C=CC(Nc1onc(C)c1Cl)S(=O)(=O)c1cc(C)sc1C(=O)Nc1cc(C)cc(C)c1C(=O)C1CC1. The van der Waals surface area contributed by atoms with Crippen LogP contribution in [0.25, 0.3) is 0 Å². The summed E-state index contributed by atoms with van der Waals surface area (Å²) in [4.78, 5) is 26.9. The molecule has 1 saturated carbocycles. The minimum absolute atomic E-state index is 0.00461. The van der Waals surface area contributed by atoms with Gasteiger partial charge in [-0.3, -0.25) is 9.59 Å². The summed E-state index contributed by atoms with van der Waals surface area (Å²) in [5, 5.41) is 8.04. The summed E-state index contributed by atoms with van der Waals surface area (Å²) in [6, 6.07) is 5.07. The van der Waals surface area contributed by atoms with Crippen molar-refractivity contribution in [3.05, 3.63) is 68.0 Å². The number of ketones is 1. The van der Waals surface area contributed by atoms with Crippen molar-refractivity contribution in [1.82, 2.24) is 5.16 Å². The second-order valence-electron chi connectivity index (χ2n) is 8.90. The molecule has 1 aromatic carbocycles. The number of carbonyl (C=O) groups is 2. The molecule has 1 aliphatic carbocycles. The van der Waals surface area contributed by atoms with Gasteiger partial charge >= 0.3 is 0 Å². The van der Waals surface area contributed by atoms with Gasteiger partial charge in [-0.25, -0.2) is 8.42 Å². The molecule has 0 aliphatic heterocycles. The Morgan fingerprint density at radius 1 is 1.22 bits per heavy atom. The number of hydrogen-bond donors (Lipinski definition) is 2. The third kappa shape index (κ3) is 4.98. The van der Waals surface area contributed by atoms with Crippen molar-refractivity contribution in [1.29, 1.82) is 0 Å². The molecule has 3 aromatic rings. The number of aromatic nitrogens is 1. The fourth-order valence-corrected chi connectivity index (χ4v) is 6.91. The van der Waals surface area contributed by atoms with Gasteiger partial charge in [-0.15, -0.1) is 11.3 Å². The number of thiophene rings is 1. The minimum atomic E-state index is -4.14. The molecular formula is C25H26ClN3O5S2. The Balaban J connectivity index is 1.69. The number of Topliss-reactive ketones (excluding diaryl/α,β-unsaturated/α-hetero) is 1. The first-order chi connectivity index (χ1) is 16.9. The zero-order valence-electron chi connectivity index (χ0n) is 20.3. The van der Waals surface area contributed by atoms with Crippen molar-refractivity contribution in [2.75, 3.05) is 10.6 Å². The molecule has 1 unspecified atom stereocenters. The van der Waals surface area contributed by atoms with Gasteiger partial charge in [-0.1, -0.05) is 35.5 Å². The summed E-state index contributed by atoms with van der Waals surface area (Å²) in [6.07, 6.45) is 2.85. The zero-order chi connectivity index (χ0) is 26.4. The molecule has 2 heterocycles. The lowest BCUT2D eigenvalue weighted by molar-refractivity contribution is 0.0968. The predicted molar refractivity (Wildman–Crippen MR) is 141 cm³/mol. The molecule has 0 radical (unpaired) electrons. The monoisotopic (exact) mass is 547 g/mol. The summed E-state index contributed by atoms with van der Waals surface area (Å²) >= 11 is 7.19. The van der Waals surface area contributed by atoms with E-state index in [4.69, 9.17) is 16.1 Å². The Bertz CT molecular complexity index is 1490. The van der Waals surface area contributed by atoms with Gasteiger partial charge in [0.2, 0.25) is 15.7 Å². The van der Waals surface area contributed by atoms with Crippen LogP contribution in [0.5, 0.6) is 0 Å². The Kier molecular flexibility index (Phi) is 7.14. The van der Waals surface area contributed by atoms with E-state index < -0.39 is 21.1 Å². The summed E-state index contributed by atoms with van der Waals surface area (Å²) < 4.78 is 32.3. The van der Waals surface area contributed by atoms with Gasteiger partial charge in [0.25, 0.3) is 5.91 Å². The lowest BCUT2D eigenvalue weighted by Gasteiger charge is -2.17. The van der Waals surface area contributed by atoms with E-state index in [0.717, 1.165) is 35.3 Å². The van der Waals surface area contributed by atoms with Crippen LogP contribution in [-0.2, 0) is 9.84 Å². The molecule has 36 heavy (non-hydrogen) atoms. The average Bonchev–Trinajstić information content (AvgIpc) is 3.51. The topological polar surface area (TPSA) is 118 Å². The molecule has 1 fully saturated rings. The molecular weight excluding hydrogens is 522 g/mol. The fraction of sp³-hybridized carbons (Fsp3) is 0.320. The van der Waals surface area contributed by atoms with E-state index in [1.54, 1.807) is 19.9 Å². The lowest BCUT2D eigenvalue weighted by Crippen LogP contribution is -2.29. The molecule has 0 bridgehead atoms. The number of sulfone groups is 1. The number of anilines is 2. The number of aryl methyl sites for hydroxylation is 4. The van der Waals surface area contributed by atoms with Crippen molar-refractivity contribution in [3.63, 3.8) is 0 Å². The minimum Gasteiger partial charge on any atom is -0.337 e. The maximum atomic E-state index is 13.6. The normalized spacial score (nSPS) is 14.4. The van der Waals surface area contributed by atoms with E-state index >= 15 is 0 Å². The molecule has 1 atom stereocenters. The van der Waals surface area contributed by atoms with Crippen molar-refractivity contribution < 1.29 is 22.5 Å². The highest BCUT2D eigenvalue weighted by Crippen LogP contribution is 2.37.